The number of nitrogens with one attached hydrogen (secondary N) is 1. The van der Waals surface area contributed by atoms with Crippen molar-refractivity contribution in [1.82, 2.24) is 29.4 Å². The van der Waals surface area contributed by atoms with Gasteiger partial charge in [0.25, 0.3) is 0 Å². The molecule has 6 nitrogen and oxygen atoms in total. The van der Waals surface area contributed by atoms with E-state index < -0.39 is 0 Å². The summed E-state index contributed by atoms with van der Waals surface area (Å²) in [6.07, 6.45) is 9.78. The summed E-state index contributed by atoms with van der Waals surface area (Å²) >= 11 is 0. The summed E-state index contributed by atoms with van der Waals surface area (Å²) in [7, 11) is 0. The fourth-order valence-electron chi connectivity index (χ4n) is 3.31. The van der Waals surface area contributed by atoms with Gasteiger partial charge in [0, 0.05) is 24.8 Å². The number of likely N-dealkylation sites (tertiary alicyclic amines) is 1. The Kier molecular flexibility index (Phi) is 3.67. The topological polar surface area (TPSA) is 62.6 Å². The van der Waals surface area contributed by atoms with Crippen molar-refractivity contribution in [3.05, 3.63) is 60.3 Å². The molecule has 1 fully saturated rings. The summed E-state index contributed by atoms with van der Waals surface area (Å²) in [4.78, 5) is 19.2. The first kappa shape index (κ1) is 14.1. The SMILES string of the molecule is Cc1nccn1-c1cccc([C@H]2CCCN2Cc2ncc[nH]2)n1. The maximum atomic E-state index is 4.89. The zero-order valence-corrected chi connectivity index (χ0v) is 13.2. The highest BCUT2D eigenvalue weighted by atomic mass is 15.2. The molecule has 1 aliphatic heterocycles. The Morgan fingerprint density at radius 3 is 3.00 bits per heavy atom. The number of imidazole rings is 2. The summed E-state index contributed by atoms with van der Waals surface area (Å²) in [5.41, 5.74) is 1.12. The van der Waals surface area contributed by atoms with Crippen LogP contribution in [0.5, 0.6) is 0 Å². The smallest absolute Gasteiger partial charge is 0.138 e. The van der Waals surface area contributed by atoms with E-state index in [1.54, 1.807) is 6.20 Å². The molecule has 0 amide bonds. The van der Waals surface area contributed by atoms with Gasteiger partial charge in [0.2, 0.25) is 0 Å². The maximum Gasteiger partial charge on any atom is 0.138 e. The van der Waals surface area contributed by atoms with Gasteiger partial charge in [-0.25, -0.2) is 15.0 Å². The third-order valence-corrected chi connectivity index (χ3v) is 4.44. The molecule has 118 valence electrons. The lowest BCUT2D eigenvalue weighted by molar-refractivity contribution is 0.239. The highest BCUT2D eigenvalue weighted by molar-refractivity contribution is 5.28. The largest absolute Gasteiger partial charge is 0.348 e. The minimum atomic E-state index is 0.351. The number of aromatic amines is 1. The van der Waals surface area contributed by atoms with Crippen molar-refractivity contribution in [2.24, 2.45) is 0 Å². The van der Waals surface area contributed by atoms with Crippen LogP contribution < -0.4 is 0 Å². The van der Waals surface area contributed by atoms with E-state index in [9.17, 15) is 0 Å². The molecule has 1 N–H and O–H groups in total. The summed E-state index contributed by atoms with van der Waals surface area (Å²) < 4.78 is 2.02. The molecule has 0 aromatic carbocycles. The van der Waals surface area contributed by atoms with Crippen LogP contribution >= 0.6 is 0 Å². The standard InChI is InChI=1S/C17H20N6/c1-13-18-9-11-23(13)17-6-2-4-14(21-17)15-5-3-10-22(15)12-16-19-7-8-20-16/h2,4,6-9,11,15H,3,5,10,12H2,1H3,(H,19,20)/t15-/m1/s1. The average Bonchev–Trinajstić information content (AvgIpc) is 3.30. The van der Waals surface area contributed by atoms with E-state index in [0.29, 0.717) is 6.04 Å². The third kappa shape index (κ3) is 2.77. The first-order chi connectivity index (χ1) is 11.3. The van der Waals surface area contributed by atoms with Crippen molar-refractivity contribution in [2.45, 2.75) is 32.4 Å². The molecule has 3 aromatic heterocycles. The van der Waals surface area contributed by atoms with E-state index in [1.165, 1.54) is 6.42 Å². The molecule has 0 radical (unpaired) electrons. The summed E-state index contributed by atoms with van der Waals surface area (Å²) in [6.45, 7) is 3.92. The fraction of sp³-hybridized carbons (Fsp3) is 0.353. The predicted octanol–water partition coefficient (Wildman–Crippen LogP) is 2.64. The molecule has 1 aliphatic rings. The molecule has 3 aromatic rings. The highest BCUT2D eigenvalue weighted by Gasteiger charge is 2.27. The number of H-pyrrole nitrogens is 1. The molecule has 0 saturated carbocycles. The van der Waals surface area contributed by atoms with Gasteiger partial charge in [-0.05, 0) is 38.4 Å². The first-order valence-electron chi connectivity index (χ1n) is 8.01. The van der Waals surface area contributed by atoms with Crippen molar-refractivity contribution in [3.8, 4) is 5.82 Å². The normalized spacial score (nSPS) is 18.6. The number of aryl methyl sites for hydroxylation is 1. The maximum absolute atomic E-state index is 4.89. The van der Waals surface area contributed by atoms with E-state index in [4.69, 9.17) is 4.98 Å². The Bertz CT molecular complexity index is 776. The van der Waals surface area contributed by atoms with E-state index in [0.717, 1.165) is 42.7 Å². The van der Waals surface area contributed by atoms with Crippen LogP contribution in [0.3, 0.4) is 0 Å². The first-order valence-corrected chi connectivity index (χ1v) is 8.01. The second kappa shape index (κ2) is 5.96. The second-order valence-corrected chi connectivity index (χ2v) is 5.93. The Hall–Kier alpha value is -2.47. The Balaban J connectivity index is 1.60. The lowest BCUT2D eigenvalue weighted by Gasteiger charge is -2.23. The van der Waals surface area contributed by atoms with Crippen molar-refractivity contribution >= 4 is 0 Å². The molecule has 4 heterocycles. The minimum Gasteiger partial charge on any atom is -0.348 e. The highest BCUT2D eigenvalue weighted by Crippen LogP contribution is 2.32. The lowest BCUT2D eigenvalue weighted by atomic mass is 10.1. The zero-order chi connectivity index (χ0) is 15.6. The van der Waals surface area contributed by atoms with Crippen molar-refractivity contribution < 1.29 is 0 Å². The van der Waals surface area contributed by atoms with Crippen LogP contribution in [0, 0.1) is 6.92 Å². The van der Waals surface area contributed by atoms with Gasteiger partial charge in [0.1, 0.15) is 17.5 Å². The zero-order valence-electron chi connectivity index (χ0n) is 13.2. The number of aromatic nitrogens is 5. The van der Waals surface area contributed by atoms with Crippen LogP contribution in [0.25, 0.3) is 5.82 Å². The monoisotopic (exact) mass is 308 g/mol. The van der Waals surface area contributed by atoms with E-state index in [-0.39, 0.29) is 0 Å². The average molecular weight is 308 g/mol. The quantitative estimate of drug-likeness (QED) is 0.805. The van der Waals surface area contributed by atoms with Crippen molar-refractivity contribution in [3.63, 3.8) is 0 Å². The van der Waals surface area contributed by atoms with Crippen LogP contribution in [0.4, 0.5) is 0 Å². The van der Waals surface area contributed by atoms with Gasteiger partial charge in [-0.1, -0.05) is 6.07 Å². The molecule has 23 heavy (non-hydrogen) atoms. The van der Waals surface area contributed by atoms with Gasteiger partial charge >= 0.3 is 0 Å². The lowest BCUT2D eigenvalue weighted by Crippen LogP contribution is -2.24. The van der Waals surface area contributed by atoms with Gasteiger partial charge in [-0.15, -0.1) is 0 Å². The number of nitrogens with zero attached hydrogens (tertiary/aromatic N) is 5. The minimum absolute atomic E-state index is 0.351. The Morgan fingerprint density at radius 1 is 1.26 bits per heavy atom. The van der Waals surface area contributed by atoms with Crippen LogP contribution in [0.15, 0.2) is 43.0 Å². The molecule has 0 unspecified atom stereocenters. The molecular weight excluding hydrogens is 288 g/mol. The van der Waals surface area contributed by atoms with Crippen molar-refractivity contribution in [2.75, 3.05) is 6.54 Å². The Morgan fingerprint density at radius 2 is 2.22 bits per heavy atom. The third-order valence-electron chi connectivity index (χ3n) is 4.44. The van der Waals surface area contributed by atoms with Gasteiger partial charge in [0.05, 0.1) is 18.3 Å². The number of pyridine rings is 1. The van der Waals surface area contributed by atoms with Crippen LogP contribution in [-0.2, 0) is 6.54 Å². The Labute approximate surface area is 135 Å². The van der Waals surface area contributed by atoms with Gasteiger partial charge < -0.3 is 4.98 Å². The van der Waals surface area contributed by atoms with Gasteiger partial charge in [-0.2, -0.15) is 0 Å². The van der Waals surface area contributed by atoms with Crippen molar-refractivity contribution in [1.29, 1.82) is 0 Å². The fourth-order valence-corrected chi connectivity index (χ4v) is 3.31. The molecule has 1 atom stereocenters. The van der Waals surface area contributed by atoms with Crippen LogP contribution in [0.2, 0.25) is 0 Å². The number of rotatable bonds is 4. The summed E-state index contributed by atoms with van der Waals surface area (Å²) in [5.74, 6) is 2.90. The molecule has 0 aliphatic carbocycles. The van der Waals surface area contributed by atoms with Crippen LogP contribution in [0.1, 0.15) is 36.2 Å². The predicted molar refractivity (Wildman–Crippen MR) is 87.1 cm³/mol. The summed E-state index contributed by atoms with van der Waals surface area (Å²) in [6, 6.07) is 6.59. The molecule has 6 heteroatoms. The summed E-state index contributed by atoms with van der Waals surface area (Å²) in [5, 5.41) is 0. The van der Waals surface area contributed by atoms with E-state index in [1.807, 2.05) is 36.1 Å². The molecule has 0 bridgehead atoms. The van der Waals surface area contributed by atoms with E-state index >= 15 is 0 Å². The number of hydrogen-bond acceptors (Lipinski definition) is 4. The molecule has 1 saturated heterocycles. The second-order valence-electron chi connectivity index (χ2n) is 5.93. The molecule has 4 rings (SSSR count). The van der Waals surface area contributed by atoms with E-state index in [2.05, 4.69) is 32.0 Å². The number of hydrogen-bond donors (Lipinski definition) is 1. The molecule has 0 spiro atoms. The van der Waals surface area contributed by atoms with Crippen LogP contribution in [-0.4, -0.2) is 35.9 Å². The molecular formula is C17H20N6. The van der Waals surface area contributed by atoms with Gasteiger partial charge in [0.15, 0.2) is 0 Å². The van der Waals surface area contributed by atoms with Gasteiger partial charge in [-0.3, -0.25) is 9.47 Å².